The fraction of sp³-hybridized carbons (Fsp3) is 0.333. The largest absolute Gasteiger partial charge is 0.385 e. The number of benzene rings is 1. The van der Waals surface area contributed by atoms with Gasteiger partial charge in [0.15, 0.2) is 0 Å². The molecule has 1 N–H and O–H groups in total. The van der Waals surface area contributed by atoms with Gasteiger partial charge in [-0.1, -0.05) is 30.3 Å². The van der Waals surface area contributed by atoms with Crippen LogP contribution in [0.3, 0.4) is 0 Å². The zero-order chi connectivity index (χ0) is 9.31. The van der Waals surface area contributed by atoms with E-state index in [1.54, 1.807) is 6.08 Å². The molecule has 1 aliphatic carbocycles. The van der Waals surface area contributed by atoms with Gasteiger partial charge >= 0.3 is 0 Å². The molecule has 0 radical (unpaired) electrons. The van der Waals surface area contributed by atoms with Crippen molar-refractivity contribution >= 4 is 0 Å². The van der Waals surface area contributed by atoms with Crippen LogP contribution in [0.1, 0.15) is 24.0 Å². The quantitative estimate of drug-likeness (QED) is 0.682. The molecule has 0 fully saturated rings. The molecule has 0 aromatic heterocycles. The van der Waals surface area contributed by atoms with Crippen LogP contribution in [-0.4, -0.2) is 5.11 Å². The van der Waals surface area contributed by atoms with Crippen molar-refractivity contribution in [2.75, 3.05) is 0 Å². The summed E-state index contributed by atoms with van der Waals surface area (Å²) < 4.78 is 0. The lowest BCUT2D eigenvalue weighted by atomic mass is 9.92. The highest BCUT2D eigenvalue weighted by atomic mass is 16.3. The monoisotopic (exact) mass is 174 g/mol. The second-order valence-electron chi connectivity index (χ2n) is 3.68. The van der Waals surface area contributed by atoms with Gasteiger partial charge in [0.05, 0.1) is 5.60 Å². The molecule has 0 bridgehead atoms. The second-order valence-corrected chi connectivity index (χ2v) is 3.68. The van der Waals surface area contributed by atoms with E-state index in [-0.39, 0.29) is 0 Å². The molecule has 0 heterocycles. The Morgan fingerprint density at radius 1 is 1.46 bits per heavy atom. The maximum Gasteiger partial charge on any atom is 0.0936 e. The smallest absolute Gasteiger partial charge is 0.0936 e. The first-order valence-corrected chi connectivity index (χ1v) is 4.68. The highest BCUT2D eigenvalue weighted by Gasteiger charge is 2.34. The van der Waals surface area contributed by atoms with Crippen LogP contribution in [0.4, 0.5) is 0 Å². The van der Waals surface area contributed by atoms with Crippen LogP contribution in [0, 0.1) is 0 Å². The molecule has 13 heavy (non-hydrogen) atoms. The Bertz CT molecular complexity index is 330. The van der Waals surface area contributed by atoms with Gasteiger partial charge < -0.3 is 5.11 Å². The fourth-order valence-electron chi connectivity index (χ4n) is 2.12. The summed E-state index contributed by atoms with van der Waals surface area (Å²) in [6, 6.07) is 8.12. The lowest BCUT2D eigenvalue weighted by Crippen LogP contribution is -2.20. The van der Waals surface area contributed by atoms with E-state index in [1.807, 2.05) is 18.2 Å². The fourth-order valence-corrected chi connectivity index (χ4v) is 2.12. The zero-order valence-corrected chi connectivity index (χ0v) is 7.66. The van der Waals surface area contributed by atoms with Gasteiger partial charge in [0.1, 0.15) is 0 Å². The van der Waals surface area contributed by atoms with Crippen molar-refractivity contribution in [3.05, 3.63) is 48.0 Å². The van der Waals surface area contributed by atoms with Crippen molar-refractivity contribution < 1.29 is 5.11 Å². The summed E-state index contributed by atoms with van der Waals surface area (Å²) in [4.78, 5) is 0. The summed E-state index contributed by atoms with van der Waals surface area (Å²) in [5.41, 5.74) is 1.74. The minimum absolute atomic E-state index is 0.641. The molecule has 0 saturated carbocycles. The number of hydrogen-bond acceptors (Lipinski definition) is 1. The maximum absolute atomic E-state index is 10.3. The second kappa shape index (κ2) is 3.00. The Hall–Kier alpha value is -1.08. The van der Waals surface area contributed by atoms with E-state index >= 15 is 0 Å². The molecule has 0 unspecified atom stereocenters. The first kappa shape index (κ1) is 8.52. The third-order valence-electron chi connectivity index (χ3n) is 2.81. The Labute approximate surface area is 78.7 Å². The minimum atomic E-state index is -0.641. The van der Waals surface area contributed by atoms with Gasteiger partial charge in [-0.15, -0.1) is 6.58 Å². The summed E-state index contributed by atoms with van der Waals surface area (Å²) in [5.74, 6) is 0. The molecule has 0 spiro atoms. The standard InChI is InChI=1S/C12H14O/c1-2-8-12(13)9-7-10-5-3-4-6-11(10)12/h2-6,13H,1,7-9H2/t12-/m1/s1. The SMILES string of the molecule is C=CC[C@@]1(O)CCc2ccccc21. The number of aryl methyl sites for hydroxylation is 1. The van der Waals surface area contributed by atoms with Crippen LogP contribution in [0.5, 0.6) is 0 Å². The summed E-state index contributed by atoms with van der Waals surface area (Å²) in [5, 5.41) is 10.3. The number of rotatable bonds is 2. The number of hydrogen-bond donors (Lipinski definition) is 1. The molecule has 1 heteroatoms. The van der Waals surface area contributed by atoms with Crippen LogP contribution in [-0.2, 0) is 12.0 Å². The Morgan fingerprint density at radius 2 is 2.23 bits per heavy atom. The van der Waals surface area contributed by atoms with Crippen molar-refractivity contribution in [3.63, 3.8) is 0 Å². The Kier molecular flexibility index (Phi) is 1.97. The van der Waals surface area contributed by atoms with E-state index < -0.39 is 5.60 Å². The molecular weight excluding hydrogens is 160 g/mol. The van der Waals surface area contributed by atoms with E-state index in [1.165, 1.54) is 5.56 Å². The minimum Gasteiger partial charge on any atom is -0.385 e. The predicted molar refractivity (Wildman–Crippen MR) is 53.5 cm³/mol. The molecule has 0 amide bonds. The van der Waals surface area contributed by atoms with E-state index in [9.17, 15) is 5.11 Å². The van der Waals surface area contributed by atoms with Gasteiger partial charge in [-0.2, -0.15) is 0 Å². The van der Waals surface area contributed by atoms with Gasteiger partial charge in [-0.25, -0.2) is 0 Å². The van der Waals surface area contributed by atoms with Crippen molar-refractivity contribution in [2.24, 2.45) is 0 Å². The van der Waals surface area contributed by atoms with E-state index in [2.05, 4.69) is 12.6 Å². The third-order valence-corrected chi connectivity index (χ3v) is 2.81. The first-order valence-electron chi connectivity index (χ1n) is 4.68. The van der Waals surface area contributed by atoms with Crippen molar-refractivity contribution in [1.29, 1.82) is 0 Å². The number of fused-ring (bicyclic) bond motifs is 1. The highest BCUT2D eigenvalue weighted by molar-refractivity contribution is 5.37. The molecule has 1 aromatic rings. The molecule has 1 aromatic carbocycles. The average Bonchev–Trinajstić information content (AvgIpc) is 2.46. The first-order chi connectivity index (χ1) is 6.26. The van der Waals surface area contributed by atoms with E-state index in [0.29, 0.717) is 6.42 Å². The topological polar surface area (TPSA) is 20.2 Å². The summed E-state index contributed by atoms with van der Waals surface area (Å²) in [7, 11) is 0. The molecule has 1 nitrogen and oxygen atoms in total. The van der Waals surface area contributed by atoms with Crippen LogP contribution in [0.2, 0.25) is 0 Å². The van der Waals surface area contributed by atoms with Gasteiger partial charge in [0.25, 0.3) is 0 Å². The average molecular weight is 174 g/mol. The Morgan fingerprint density at radius 3 is 3.00 bits per heavy atom. The zero-order valence-electron chi connectivity index (χ0n) is 7.66. The maximum atomic E-state index is 10.3. The molecular formula is C12H14O. The van der Waals surface area contributed by atoms with Gasteiger partial charge in [0, 0.05) is 0 Å². The third kappa shape index (κ3) is 1.29. The van der Waals surface area contributed by atoms with E-state index in [4.69, 9.17) is 0 Å². The van der Waals surface area contributed by atoms with Crippen molar-refractivity contribution in [2.45, 2.75) is 24.9 Å². The summed E-state index contributed by atoms with van der Waals surface area (Å²) in [6.07, 6.45) is 4.27. The molecule has 1 atom stereocenters. The van der Waals surface area contributed by atoms with Crippen LogP contribution in [0.25, 0.3) is 0 Å². The highest BCUT2D eigenvalue weighted by Crippen LogP contribution is 2.39. The molecule has 0 aliphatic heterocycles. The molecule has 2 rings (SSSR count). The molecule has 1 aliphatic rings. The van der Waals surface area contributed by atoms with E-state index in [0.717, 1.165) is 18.4 Å². The number of aliphatic hydroxyl groups is 1. The van der Waals surface area contributed by atoms with Crippen molar-refractivity contribution in [1.82, 2.24) is 0 Å². The van der Waals surface area contributed by atoms with Gasteiger partial charge in [0.2, 0.25) is 0 Å². The predicted octanol–water partition coefficient (Wildman–Crippen LogP) is 2.40. The summed E-state index contributed by atoms with van der Waals surface area (Å²) in [6.45, 7) is 3.68. The lowest BCUT2D eigenvalue weighted by Gasteiger charge is -2.21. The van der Waals surface area contributed by atoms with Crippen molar-refractivity contribution in [3.8, 4) is 0 Å². The Balaban J connectivity index is 2.42. The van der Waals surface area contributed by atoms with Crippen LogP contribution in [0.15, 0.2) is 36.9 Å². The normalized spacial score (nSPS) is 25.6. The van der Waals surface area contributed by atoms with Gasteiger partial charge in [-0.3, -0.25) is 0 Å². The molecule has 68 valence electrons. The molecule has 0 saturated heterocycles. The van der Waals surface area contributed by atoms with Crippen LogP contribution >= 0.6 is 0 Å². The van der Waals surface area contributed by atoms with Crippen LogP contribution < -0.4 is 0 Å². The van der Waals surface area contributed by atoms with Gasteiger partial charge in [-0.05, 0) is 30.4 Å². The lowest BCUT2D eigenvalue weighted by molar-refractivity contribution is 0.0419. The summed E-state index contributed by atoms with van der Waals surface area (Å²) >= 11 is 0.